The first kappa shape index (κ1) is 15.9. The number of benzene rings is 2. The van der Waals surface area contributed by atoms with Gasteiger partial charge in [-0.1, -0.05) is 24.3 Å². The average molecular weight is 340 g/mol. The molecule has 130 valence electrons. The summed E-state index contributed by atoms with van der Waals surface area (Å²) in [5, 5.41) is 10.00. The van der Waals surface area contributed by atoms with Crippen molar-refractivity contribution < 1.29 is 14.3 Å². The summed E-state index contributed by atoms with van der Waals surface area (Å²) in [5.41, 5.74) is 1.28. The average Bonchev–Trinajstić information content (AvgIpc) is 3.44. The van der Waals surface area contributed by atoms with E-state index in [0.29, 0.717) is 26.2 Å². The van der Waals surface area contributed by atoms with Crippen molar-refractivity contribution in [1.82, 2.24) is 4.90 Å². The van der Waals surface area contributed by atoms with Crippen molar-refractivity contribution in [2.45, 2.75) is 18.3 Å². The molecule has 1 N–H and O–H groups in total. The molecular formula is C20H21FN2O2. The van der Waals surface area contributed by atoms with Crippen molar-refractivity contribution in [3.05, 3.63) is 59.9 Å². The lowest BCUT2D eigenvalue weighted by Crippen LogP contribution is -2.51. The van der Waals surface area contributed by atoms with E-state index in [9.17, 15) is 14.3 Å². The molecule has 0 unspecified atom stereocenters. The number of hydrogen-bond donors (Lipinski definition) is 1. The molecule has 0 radical (unpaired) electrons. The Morgan fingerprint density at radius 2 is 1.60 bits per heavy atom. The van der Waals surface area contributed by atoms with Gasteiger partial charge < -0.3 is 14.9 Å². The molecule has 2 aromatic carbocycles. The normalized spacial score (nSPS) is 18.9. The monoisotopic (exact) mass is 340 g/mol. The third-order valence-corrected chi connectivity index (χ3v) is 5.35. The molecule has 25 heavy (non-hydrogen) atoms. The zero-order chi connectivity index (χ0) is 17.4. The van der Waals surface area contributed by atoms with Crippen LogP contribution in [0.3, 0.4) is 0 Å². The van der Waals surface area contributed by atoms with E-state index < -0.39 is 5.41 Å². The van der Waals surface area contributed by atoms with Gasteiger partial charge in [-0.15, -0.1) is 0 Å². The summed E-state index contributed by atoms with van der Waals surface area (Å²) in [5.74, 6) is 0.145. The zero-order valence-electron chi connectivity index (χ0n) is 14.0. The Kier molecular flexibility index (Phi) is 3.86. The molecule has 2 fully saturated rings. The van der Waals surface area contributed by atoms with Gasteiger partial charge in [-0.2, -0.15) is 0 Å². The summed E-state index contributed by atoms with van der Waals surface area (Å²) < 4.78 is 13.2. The summed E-state index contributed by atoms with van der Waals surface area (Å²) in [6.07, 6.45) is 1.66. The smallest absolute Gasteiger partial charge is 0.233 e. The number of phenols is 1. The molecule has 0 aromatic heterocycles. The maximum absolute atomic E-state index is 13.2. The number of hydrogen-bond acceptors (Lipinski definition) is 3. The fourth-order valence-corrected chi connectivity index (χ4v) is 3.70. The number of rotatable bonds is 3. The van der Waals surface area contributed by atoms with E-state index in [1.165, 1.54) is 12.1 Å². The first-order valence-corrected chi connectivity index (χ1v) is 8.68. The summed E-state index contributed by atoms with van der Waals surface area (Å²) in [6, 6.07) is 13.6. The number of halogens is 1. The number of piperazine rings is 1. The summed E-state index contributed by atoms with van der Waals surface area (Å²) in [7, 11) is 0. The second-order valence-corrected chi connectivity index (χ2v) is 6.86. The number of carbonyl (C=O) groups is 1. The molecule has 4 rings (SSSR count). The highest BCUT2D eigenvalue weighted by Crippen LogP contribution is 2.49. The SMILES string of the molecule is O=C(N1CCN(c2ccccc2O)CC1)C1(c2ccc(F)cc2)CC1. The van der Waals surface area contributed by atoms with Crippen LogP contribution in [0.5, 0.6) is 5.75 Å². The van der Waals surface area contributed by atoms with Crippen molar-refractivity contribution >= 4 is 11.6 Å². The minimum Gasteiger partial charge on any atom is -0.506 e. The largest absolute Gasteiger partial charge is 0.506 e. The summed E-state index contributed by atoms with van der Waals surface area (Å²) in [6.45, 7) is 2.66. The maximum atomic E-state index is 13.2. The number of carbonyl (C=O) groups excluding carboxylic acids is 1. The molecular weight excluding hydrogens is 319 g/mol. The van der Waals surface area contributed by atoms with E-state index in [1.54, 1.807) is 24.3 Å². The van der Waals surface area contributed by atoms with Crippen molar-refractivity contribution in [2.75, 3.05) is 31.1 Å². The van der Waals surface area contributed by atoms with Gasteiger partial charge in [0.15, 0.2) is 0 Å². The summed E-state index contributed by atoms with van der Waals surface area (Å²) >= 11 is 0. The van der Waals surface area contributed by atoms with E-state index in [2.05, 4.69) is 4.90 Å². The van der Waals surface area contributed by atoms with E-state index in [0.717, 1.165) is 24.1 Å². The Balaban J connectivity index is 1.45. The van der Waals surface area contributed by atoms with Gasteiger partial charge in [0.05, 0.1) is 11.1 Å². The van der Waals surface area contributed by atoms with Crippen LogP contribution in [0, 0.1) is 5.82 Å². The first-order valence-electron chi connectivity index (χ1n) is 8.68. The van der Waals surface area contributed by atoms with Gasteiger partial charge in [-0.25, -0.2) is 4.39 Å². The van der Waals surface area contributed by atoms with Gasteiger partial charge in [-0.3, -0.25) is 4.79 Å². The molecule has 0 bridgehead atoms. The fraction of sp³-hybridized carbons (Fsp3) is 0.350. The molecule has 1 aliphatic heterocycles. The van der Waals surface area contributed by atoms with E-state index in [1.807, 2.05) is 17.0 Å². The number of amides is 1. The van der Waals surface area contributed by atoms with Gasteiger partial charge in [0.25, 0.3) is 0 Å². The van der Waals surface area contributed by atoms with E-state index in [4.69, 9.17) is 0 Å². The second-order valence-electron chi connectivity index (χ2n) is 6.86. The van der Waals surface area contributed by atoms with E-state index >= 15 is 0 Å². The zero-order valence-corrected chi connectivity index (χ0v) is 14.0. The molecule has 1 amide bonds. The lowest BCUT2D eigenvalue weighted by Gasteiger charge is -2.38. The number of aromatic hydroxyl groups is 1. The topological polar surface area (TPSA) is 43.8 Å². The van der Waals surface area contributed by atoms with Gasteiger partial charge in [0, 0.05) is 26.2 Å². The van der Waals surface area contributed by atoms with Crippen LogP contribution in [-0.2, 0) is 10.2 Å². The van der Waals surface area contributed by atoms with Crippen LogP contribution in [0.25, 0.3) is 0 Å². The molecule has 1 saturated heterocycles. The maximum Gasteiger partial charge on any atom is 0.233 e. The predicted molar refractivity (Wildman–Crippen MR) is 94.2 cm³/mol. The first-order chi connectivity index (χ1) is 12.1. The molecule has 1 heterocycles. The number of anilines is 1. The van der Waals surface area contributed by atoms with Crippen LogP contribution in [0.15, 0.2) is 48.5 Å². The second kappa shape index (κ2) is 6.06. The quantitative estimate of drug-likeness (QED) is 0.934. The Morgan fingerprint density at radius 1 is 0.960 bits per heavy atom. The van der Waals surface area contributed by atoms with Crippen molar-refractivity contribution in [1.29, 1.82) is 0 Å². The van der Waals surface area contributed by atoms with Crippen LogP contribution in [0.2, 0.25) is 0 Å². The fourth-order valence-electron chi connectivity index (χ4n) is 3.70. The Labute approximate surface area is 146 Å². The van der Waals surface area contributed by atoms with Gasteiger partial charge >= 0.3 is 0 Å². The lowest BCUT2D eigenvalue weighted by molar-refractivity contribution is -0.134. The Morgan fingerprint density at radius 3 is 2.20 bits per heavy atom. The Bertz CT molecular complexity index is 779. The van der Waals surface area contributed by atoms with Crippen LogP contribution >= 0.6 is 0 Å². The van der Waals surface area contributed by atoms with Crippen LogP contribution in [0.1, 0.15) is 18.4 Å². The number of phenolic OH excluding ortho intramolecular Hbond substituents is 1. The highest BCUT2D eigenvalue weighted by molar-refractivity contribution is 5.91. The number of para-hydroxylation sites is 2. The minimum atomic E-state index is -0.454. The summed E-state index contributed by atoms with van der Waals surface area (Å²) in [4.78, 5) is 17.1. The van der Waals surface area contributed by atoms with Crippen molar-refractivity contribution in [2.24, 2.45) is 0 Å². The molecule has 0 atom stereocenters. The standard InChI is InChI=1S/C20H21FN2O2/c21-16-7-5-15(6-8-16)20(9-10-20)19(25)23-13-11-22(12-14-23)17-3-1-2-4-18(17)24/h1-8,24H,9-14H2. The molecule has 2 aliphatic rings. The molecule has 4 nitrogen and oxygen atoms in total. The van der Waals surface area contributed by atoms with E-state index in [-0.39, 0.29) is 17.5 Å². The lowest BCUT2D eigenvalue weighted by atomic mass is 9.94. The van der Waals surface area contributed by atoms with Gasteiger partial charge in [-0.05, 0) is 42.7 Å². The van der Waals surface area contributed by atoms with Crippen molar-refractivity contribution in [3.8, 4) is 5.75 Å². The molecule has 5 heteroatoms. The Hall–Kier alpha value is -2.56. The van der Waals surface area contributed by atoms with Crippen LogP contribution in [-0.4, -0.2) is 42.1 Å². The minimum absolute atomic E-state index is 0.149. The molecule has 0 spiro atoms. The predicted octanol–water partition coefficient (Wildman–Crippen LogP) is 2.91. The van der Waals surface area contributed by atoms with Gasteiger partial charge in [0.2, 0.25) is 5.91 Å². The van der Waals surface area contributed by atoms with Crippen molar-refractivity contribution in [3.63, 3.8) is 0 Å². The third-order valence-electron chi connectivity index (χ3n) is 5.35. The molecule has 1 aliphatic carbocycles. The van der Waals surface area contributed by atoms with Crippen LogP contribution < -0.4 is 4.90 Å². The van der Waals surface area contributed by atoms with Crippen LogP contribution in [0.4, 0.5) is 10.1 Å². The number of nitrogens with zero attached hydrogens (tertiary/aromatic N) is 2. The highest BCUT2D eigenvalue weighted by atomic mass is 19.1. The third kappa shape index (κ3) is 2.84. The molecule has 1 saturated carbocycles. The highest BCUT2D eigenvalue weighted by Gasteiger charge is 2.53. The molecule has 2 aromatic rings. The van der Waals surface area contributed by atoms with Gasteiger partial charge in [0.1, 0.15) is 11.6 Å².